The lowest BCUT2D eigenvalue weighted by Crippen LogP contribution is -2.19. The largest absolute Gasteiger partial charge is 0.478 e. The standard InChI is InChI=1S/C20H20N4O2/c1-3-24(15-9-5-4-6-10-15)20-21-14(2)13-18(23-20)22-17-12-8-7-11-16(17)19(25)26/h4-13H,3H2,1-2H3,(H,25,26)(H,21,22,23). The van der Waals surface area contributed by atoms with Gasteiger partial charge in [-0.25, -0.2) is 9.78 Å². The average molecular weight is 348 g/mol. The number of hydrogen-bond acceptors (Lipinski definition) is 5. The van der Waals surface area contributed by atoms with Gasteiger partial charge in [0.2, 0.25) is 5.95 Å². The van der Waals surface area contributed by atoms with Crippen molar-refractivity contribution in [3.05, 3.63) is 71.9 Å². The van der Waals surface area contributed by atoms with Gasteiger partial charge in [0.1, 0.15) is 5.82 Å². The van der Waals surface area contributed by atoms with Gasteiger partial charge in [-0.3, -0.25) is 0 Å². The third-order valence-electron chi connectivity index (χ3n) is 3.89. The Labute approximate surface area is 152 Å². The zero-order valence-electron chi connectivity index (χ0n) is 14.7. The van der Waals surface area contributed by atoms with Crippen LogP contribution in [0, 0.1) is 6.92 Å². The van der Waals surface area contributed by atoms with Crippen LogP contribution in [0.15, 0.2) is 60.7 Å². The van der Waals surface area contributed by atoms with Crippen molar-refractivity contribution < 1.29 is 9.90 Å². The first-order valence-corrected chi connectivity index (χ1v) is 8.36. The molecule has 0 spiro atoms. The zero-order chi connectivity index (χ0) is 18.5. The molecule has 0 aliphatic carbocycles. The predicted octanol–water partition coefficient (Wildman–Crippen LogP) is 4.38. The van der Waals surface area contributed by atoms with Crippen LogP contribution in [0.3, 0.4) is 0 Å². The van der Waals surface area contributed by atoms with Gasteiger partial charge >= 0.3 is 5.97 Å². The van der Waals surface area contributed by atoms with Gasteiger partial charge in [0.25, 0.3) is 0 Å². The number of carboxylic acid groups (broad SMARTS) is 1. The molecule has 0 fully saturated rings. The summed E-state index contributed by atoms with van der Waals surface area (Å²) in [5.74, 6) is 0.128. The molecule has 26 heavy (non-hydrogen) atoms. The molecule has 0 saturated carbocycles. The quantitative estimate of drug-likeness (QED) is 0.688. The van der Waals surface area contributed by atoms with Crippen LogP contribution in [0.25, 0.3) is 0 Å². The number of aromatic nitrogens is 2. The fourth-order valence-electron chi connectivity index (χ4n) is 2.70. The normalized spacial score (nSPS) is 10.4. The van der Waals surface area contributed by atoms with E-state index in [4.69, 9.17) is 0 Å². The average Bonchev–Trinajstić information content (AvgIpc) is 2.63. The molecule has 0 amide bonds. The first-order chi connectivity index (χ1) is 12.6. The molecule has 3 aromatic rings. The summed E-state index contributed by atoms with van der Waals surface area (Å²) in [6.07, 6.45) is 0. The fraction of sp³-hybridized carbons (Fsp3) is 0.150. The number of carboxylic acids is 1. The summed E-state index contributed by atoms with van der Waals surface area (Å²) >= 11 is 0. The molecule has 3 rings (SSSR count). The lowest BCUT2D eigenvalue weighted by Gasteiger charge is -2.22. The minimum atomic E-state index is -0.987. The van der Waals surface area contributed by atoms with Crippen LogP contribution < -0.4 is 10.2 Å². The van der Waals surface area contributed by atoms with E-state index in [-0.39, 0.29) is 5.56 Å². The molecule has 132 valence electrons. The Kier molecular flexibility index (Phi) is 5.12. The minimum absolute atomic E-state index is 0.195. The number of anilines is 4. The first kappa shape index (κ1) is 17.4. The van der Waals surface area contributed by atoms with E-state index in [2.05, 4.69) is 15.3 Å². The highest BCUT2D eigenvalue weighted by atomic mass is 16.4. The lowest BCUT2D eigenvalue weighted by molar-refractivity contribution is 0.0698. The van der Waals surface area contributed by atoms with Crippen molar-refractivity contribution in [3.63, 3.8) is 0 Å². The Morgan fingerprint density at radius 3 is 2.46 bits per heavy atom. The monoisotopic (exact) mass is 348 g/mol. The van der Waals surface area contributed by atoms with Crippen molar-refractivity contribution in [2.24, 2.45) is 0 Å². The second-order valence-electron chi connectivity index (χ2n) is 5.75. The van der Waals surface area contributed by atoms with Crippen LogP contribution in [0.5, 0.6) is 0 Å². The molecule has 6 heteroatoms. The number of aromatic carboxylic acids is 1. The van der Waals surface area contributed by atoms with Crippen LogP contribution in [0.4, 0.5) is 23.1 Å². The van der Waals surface area contributed by atoms with Crippen molar-refractivity contribution in [3.8, 4) is 0 Å². The van der Waals surface area contributed by atoms with Crippen LogP contribution in [0.2, 0.25) is 0 Å². The van der Waals surface area contributed by atoms with E-state index in [1.165, 1.54) is 0 Å². The smallest absolute Gasteiger partial charge is 0.337 e. The maximum Gasteiger partial charge on any atom is 0.337 e. The van der Waals surface area contributed by atoms with Gasteiger partial charge in [-0.1, -0.05) is 30.3 Å². The highest BCUT2D eigenvalue weighted by Crippen LogP contribution is 2.25. The molecule has 2 aromatic carbocycles. The van der Waals surface area contributed by atoms with Gasteiger partial charge in [-0.2, -0.15) is 4.98 Å². The molecule has 0 aliphatic rings. The van der Waals surface area contributed by atoms with E-state index in [9.17, 15) is 9.90 Å². The molecule has 0 atom stereocenters. The molecule has 0 saturated heterocycles. The van der Waals surface area contributed by atoms with Gasteiger partial charge in [-0.05, 0) is 38.1 Å². The Morgan fingerprint density at radius 2 is 1.77 bits per heavy atom. The molecule has 6 nitrogen and oxygen atoms in total. The predicted molar refractivity (Wildman–Crippen MR) is 103 cm³/mol. The van der Waals surface area contributed by atoms with Crippen molar-refractivity contribution in [1.29, 1.82) is 0 Å². The van der Waals surface area contributed by atoms with E-state index < -0.39 is 5.97 Å². The molecule has 0 radical (unpaired) electrons. The molecule has 0 bridgehead atoms. The lowest BCUT2D eigenvalue weighted by atomic mass is 10.2. The Balaban J connectivity index is 1.97. The molecule has 2 N–H and O–H groups in total. The second kappa shape index (κ2) is 7.65. The molecule has 0 unspecified atom stereocenters. The molecule has 1 heterocycles. The van der Waals surface area contributed by atoms with Crippen molar-refractivity contribution >= 4 is 29.1 Å². The summed E-state index contributed by atoms with van der Waals surface area (Å²) < 4.78 is 0. The van der Waals surface area contributed by atoms with E-state index in [0.29, 0.717) is 24.0 Å². The SMILES string of the molecule is CCN(c1ccccc1)c1nc(C)cc(Nc2ccccc2C(=O)O)n1. The van der Waals surface area contributed by atoms with Gasteiger partial charge in [0.05, 0.1) is 11.3 Å². The summed E-state index contributed by atoms with van der Waals surface area (Å²) in [5, 5.41) is 12.5. The van der Waals surface area contributed by atoms with E-state index in [1.807, 2.05) is 49.1 Å². The Morgan fingerprint density at radius 1 is 1.08 bits per heavy atom. The van der Waals surface area contributed by atoms with Crippen molar-refractivity contribution in [1.82, 2.24) is 9.97 Å². The number of benzene rings is 2. The van der Waals surface area contributed by atoms with Crippen LogP contribution in [-0.2, 0) is 0 Å². The van der Waals surface area contributed by atoms with Crippen LogP contribution in [-0.4, -0.2) is 27.6 Å². The number of carbonyl (C=O) groups is 1. The van der Waals surface area contributed by atoms with Crippen molar-refractivity contribution in [2.75, 3.05) is 16.8 Å². The number of nitrogens with one attached hydrogen (secondary N) is 1. The molecular weight excluding hydrogens is 328 g/mol. The first-order valence-electron chi connectivity index (χ1n) is 8.36. The van der Waals surface area contributed by atoms with E-state index >= 15 is 0 Å². The summed E-state index contributed by atoms with van der Waals surface area (Å²) in [5.41, 5.74) is 2.48. The van der Waals surface area contributed by atoms with Crippen molar-refractivity contribution in [2.45, 2.75) is 13.8 Å². The van der Waals surface area contributed by atoms with Gasteiger partial charge in [0, 0.05) is 24.0 Å². The van der Waals surface area contributed by atoms with Crippen LogP contribution >= 0.6 is 0 Å². The Hall–Kier alpha value is -3.41. The van der Waals surface area contributed by atoms with Gasteiger partial charge in [-0.15, -0.1) is 0 Å². The van der Waals surface area contributed by atoms with Crippen LogP contribution in [0.1, 0.15) is 23.0 Å². The third-order valence-corrected chi connectivity index (χ3v) is 3.89. The number of nitrogens with zero attached hydrogens (tertiary/aromatic N) is 3. The zero-order valence-corrected chi connectivity index (χ0v) is 14.7. The second-order valence-corrected chi connectivity index (χ2v) is 5.75. The topological polar surface area (TPSA) is 78.4 Å². The van der Waals surface area contributed by atoms with E-state index in [0.717, 1.165) is 11.4 Å². The highest BCUT2D eigenvalue weighted by molar-refractivity contribution is 5.95. The molecule has 0 aliphatic heterocycles. The maximum atomic E-state index is 11.4. The maximum absolute atomic E-state index is 11.4. The molecular formula is C20H20N4O2. The van der Waals surface area contributed by atoms with Gasteiger partial charge in [0.15, 0.2) is 0 Å². The fourth-order valence-corrected chi connectivity index (χ4v) is 2.70. The van der Waals surface area contributed by atoms with E-state index in [1.54, 1.807) is 30.3 Å². The van der Waals surface area contributed by atoms with Gasteiger partial charge < -0.3 is 15.3 Å². The number of aryl methyl sites for hydroxylation is 1. The number of hydrogen-bond donors (Lipinski definition) is 2. The molecule has 1 aromatic heterocycles. The highest BCUT2D eigenvalue weighted by Gasteiger charge is 2.14. The third kappa shape index (κ3) is 3.80. The minimum Gasteiger partial charge on any atom is -0.478 e. The summed E-state index contributed by atoms with van der Waals surface area (Å²) in [4.78, 5) is 22.5. The number of rotatable bonds is 6. The Bertz CT molecular complexity index is 913. The summed E-state index contributed by atoms with van der Waals surface area (Å²) in [6, 6.07) is 18.4. The summed E-state index contributed by atoms with van der Waals surface area (Å²) in [6.45, 7) is 4.63. The summed E-state index contributed by atoms with van der Waals surface area (Å²) in [7, 11) is 0. The number of para-hydroxylation sites is 2.